The van der Waals surface area contributed by atoms with E-state index in [4.69, 9.17) is 12.3 Å². The molecule has 0 saturated heterocycles. The predicted molar refractivity (Wildman–Crippen MR) is 50.0 cm³/mol. The molecule has 1 aromatic rings. The quantitative estimate of drug-likeness (QED) is 0.429. The molecule has 3 N–H and O–H groups in total. The number of rotatable bonds is 3. The average Bonchev–Trinajstić information content (AvgIpc) is 2.12. The lowest BCUT2D eigenvalue weighted by Crippen LogP contribution is -2.35. The maximum atomic E-state index is 12.7. The fourth-order valence-electron chi connectivity index (χ4n) is 1.13. The van der Waals surface area contributed by atoms with Gasteiger partial charge in [0.25, 0.3) is 0 Å². The van der Waals surface area contributed by atoms with Gasteiger partial charge in [0.05, 0.1) is 6.04 Å². The van der Waals surface area contributed by atoms with E-state index >= 15 is 0 Å². The fourth-order valence-corrected chi connectivity index (χ4v) is 1.13. The van der Waals surface area contributed by atoms with Crippen LogP contribution >= 0.6 is 0 Å². The van der Waals surface area contributed by atoms with Gasteiger partial charge in [-0.15, -0.1) is 6.42 Å². The molecule has 4 heteroatoms. The average molecular weight is 196 g/mol. The van der Waals surface area contributed by atoms with Gasteiger partial charge in [-0.25, -0.2) is 14.2 Å². The molecule has 0 aliphatic carbocycles. The summed E-state index contributed by atoms with van der Waals surface area (Å²) in [6.45, 7) is 0. The molecule has 0 aliphatic rings. The third-order valence-electron chi connectivity index (χ3n) is 1.76. The Morgan fingerprint density at radius 1 is 1.36 bits per heavy atom. The van der Waals surface area contributed by atoms with Crippen LogP contribution in [0.3, 0.4) is 0 Å². The fraction of sp³-hybridized carbons (Fsp3) is 0.200. The Bertz CT molecular complexity index is 337. The van der Waals surface area contributed by atoms with Crippen LogP contribution in [0.25, 0.3) is 0 Å². The van der Waals surface area contributed by atoms with Gasteiger partial charge in [0, 0.05) is 12.5 Å². The number of halogens is 2. The van der Waals surface area contributed by atoms with E-state index in [-0.39, 0.29) is 0 Å². The summed E-state index contributed by atoms with van der Waals surface area (Å²) in [6.07, 6.45) is 5.42. The maximum absolute atomic E-state index is 12.7. The van der Waals surface area contributed by atoms with Crippen LogP contribution in [-0.4, -0.2) is 6.04 Å². The second-order valence-corrected chi connectivity index (χ2v) is 2.87. The van der Waals surface area contributed by atoms with Crippen molar-refractivity contribution in [3.05, 3.63) is 35.4 Å². The highest BCUT2D eigenvalue weighted by atomic mass is 19.1. The van der Waals surface area contributed by atoms with Crippen molar-refractivity contribution in [2.45, 2.75) is 12.5 Å². The number of nitrogens with two attached hydrogens (primary N) is 1. The number of hydrogen-bond acceptors (Lipinski definition) is 2. The molecule has 74 valence electrons. The molecule has 2 nitrogen and oxygen atoms in total. The normalized spacial score (nSPS) is 12.1. The molecule has 0 fully saturated rings. The molecule has 0 bridgehead atoms. The summed E-state index contributed by atoms with van der Waals surface area (Å²) in [5.74, 6) is 6.25. The second-order valence-electron chi connectivity index (χ2n) is 2.87. The van der Waals surface area contributed by atoms with Gasteiger partial charge in [-0.2, -0.15) is 0 Å². The van der Waals surface area contributed by atoms with Crippen molar-refractivity contribution in [3.8, 4) is 12.3 Å². The molecule has 0 amide bonds. The molecule has 0 aliphatic heterocycles. The summed E-state index contributed by atoms with van der Waals surface area (Å²) in [4.78, 5) is 0. The number of terminal acetylenes is 1. The van der Waals surface area contributed by atoms with Gasteiger partial charge in [0.2, 0.25) is 0 Å². The molecule has 0 saturated carbocycles. The lowest BCUT2D eigenvalue weighted by molar-refractivity contribution is 0.573. The number of benzene rings is 1. The summed E-state index contributed by atoms with van der Waals surface area (Å²) < 4.78 is 25.5. The largest absolute Gasteiger partial charge is 0.270 e. The molecule has 0 radical (unpaired) electrons. The minimum atomic E-state index is -0.618. The van der Waals surface area contributed by atoms with Crippen molar-refractivity contribution in [1.29, 1.82) is 0 Å². The Hall–Kier alpha value is -1.44. The van der Waals surface area contributed by atoms with E-state index in [0.29, 0.717) is 12.0 Å². The molecule has 14 heavy (non-hydrogen) atoms. The number of hydrogen-bond donors (Lipinski definition) is 2. The van der Waals surface area contributed by atoms with Crippen LogP contribution in [0.2, 0.25) is 0 Å². The lowest BCUT2D eigenvalue weighted by atomic mass is 10.1. The summed E-state index contributed by atoms with van der Waals surface area (Å²) in [5.41, 5.74) is 2.83. The Morgan fingerprint density at radius 2 is 1.93 bits per heavy atom. The molecule has 0 aromatic heterocycles. The van der Waals surface area contributed by atoms with E-state index in [1.807, 2.05) is 0 Å². The van der Waals surface area contributed by atoms with Gasteiger partial charge in [-0.1, -0.05) is 5.92 Å². The van der Waals surface area contributed by atoms with Crippen LogP contribution in [0.4, 0.5) is 8.78 Å². The molecule has 1 atom stereocenters. The van der Waals surface area contributed by atoms with E-state index in [2.05, 4.69) is 11.3 Å². The third-order valence-corrected chi connectivity index (χ3v) is 1.76. The minimum absolute atomic E-state index is 0.293. The topological polar surface area (TPSA) is 38.0 Å². The maximum Gasteiger partial charge on any atom is 0.126 e. The van der Waals surface area contributed by atoms with Crippen molar-refractivity contribution < 1.29 is 8.78 Å². The molecular weight excluding hydrogens is 186 g/mol. The van der Waals surface area contributed by atoms with Crippen molar-refractivity contribution >= 4 is 0 Å². The minimum Gasteiger partial charge on any atom is -0.270 e. The first kappa shape index (κ1) is 10.6. The molecule has 0 heterocycles. The van der Waals surface area contributed by atoms with Crippen molar-refractivity contribution in [1.82, 2.24) is 5.43 Å². The molecule has 0 spiro atoms. The molecule has 1 unspecified atom stereocenters. The van der Waals surface area contributed by atoms with Crippen molar-refractivity contribution in [2.24, 2.45) is 5.84 Å². The Morgan fingerprint density at radius 3 is 2.36 bits per heavy atom. The molecule has 1 aromatic carbocycles. The van der Waals surface area contributed by atoms with Crippen LogP contribution in [0, 0.1) is 24.0 Å². The van der Waals surface area contributed by atoms with Gasteiger partial charge in [0.1, 0.15) is 11.6 Å². The van der Waals surface area contributed by atoms with Crippen molar-refractivity contribution in [2.75, 3.05) is 0 Å². The lowest BCUT2D eigenvalue weighted by Gasteiger charge is -2.08. The van der Waals surface area contributed by atoms with Crippen LogP contribution in [0.15, 0.2) is 18.2 Å². The van der Waals surface area contributed by atoms with Crippen LogP contribution < -0.4 is 11.3 Å². The highest BCUT2D eigenvalue weighted by Crippen LogP contribution is 2.09. The molecule has 1 rings (SSSR count). The van der Waals surface area contributed by atoms with E-state index in [9.17, 15) is 8.78 Å². The van der Waals surface area contributed by atoms with Gasteiger partial charge >= 0.3 is 0 Å². The van der Waals surface area contributed by atoms with Crippen molar-refractivity contribution in [3.63, 3.8) is 0 Å². The van der Waals surface area contributed by atoms with Gasteiger partial charge in [0.15, 0.2) is 0 Å². The first-order chi connectivity index (χ1) is 6.65. The smallest absolute Gasteiger partial charge is 0.126 e. The van der Waals surface area contributed by atoms with Gasteiger partial charge < -0.3 is 0 Å². The monoisotopic (exact) mass is 196 g/mol. The standard InChI is InChI=1S/C10H10F2N2/c1-2-10(14-13)5-7-3-8(11)6-9(12)4-7/h1,3-4,6,10,14H,5,13H2. The zero-order chi connectivity index (χ0) is 10.6. The van der Waals surface area contributed by atoms with Crippen LogP contribution in [0.1, 0.15) is 5.56 Å². The Kier molecular flexibility index (Phi) is 3.57. The zero-order valence-electron chi connectivity index (χ0n) is 7.43. The third kappa shape index (κ3) is 2.80. The first-order valence-electron chi connectivity index (χ1n) is 4.03. The highest BCUT2D eigenvalue weighted by Gasteiger charge is 2.06. The van der Waals surface area contributed by atoms with Gasteiger partial charge in [-0.3, -0.25) is 5.84 Å². The SMILES string of the molecule is C#CC(Cc1cc(F)cc(F)c1)NN. The Balaban J connectivity index is 2.82. The van der Waals surface area contributed by atoms with E-state index in [1.54, 1.807) is 0 Å². The highest BCUT2D eigenvalue weighted by molar-refractivity contribution is 5.21. The summed E-state index contributed by atoms with van der Waals surface area (Å²) in [7, 11) is 0. The van der Waals surface area contributed by atoms with E-state index < -0.39 is 17.7 Å². The zero-order valence-corrected chi connectivity index (χ0v) is 7.43. The Labute approximate surface area is 81.1 Å². The second kappa shape index (κ2) is 4.70. The molecular formula is C10H10F2N2. The van der Waals surface area contributed by atoms with Gasteiger partial charge in [-0.05, 0) is 17.7 Å². The van der Waals surface area contributed by atoms with E-state index in [0.717, 1.165) is 6.07 Å². The van der Waals surface area contributed by atoms with E-state index in [1.165, 1.54) is 12.1 Å². The summed E-state index contributed by atoms with van der Waals surface area (Å²) in [6, 6.07) is 2.84. The predicted octanol–water partition coefficient (Wildman–Crippen LogP) is 0.972. The van der Waals surface area contributed by atoms with Crippen LogP contribution in [-0.2, 0) is 6.42 Å². The number of hydrazine groups is 1. The summed E-state index contributed by atoms with van der Waals surface area (Å²) >= 11 is 0. The van der Waals surface area contributed by atoms with Crippen LogP contribution in [0.5, 0.6) is 0 Å². The first-order valence-corrected chi connectivity index (χ1v) is 4.03. The summed E-state index contributed by atoms with van der Waals surface area (Å²) in [5, 5.41) is 0. The number of nitrogens with one attached hydrogen (secondary N) is 1.